The number of carbonyl (C=O) groups is 1. The predicted octanol–water partition coefficient (Wildman–Crippen LogP) is 0.212. The number of carbonyl (C=O) groups excluding carboxylic acids is 1. The Labute approximate surface area is 82.7 Å². The third-order valence-corrected chi connectivity index (χ3v) is 1.65. The second-order valence-corrected chi connectivity index (χ2v) is 2.85. The second kappa shape index (κ2) is 5.06. The molecule has 1 heterocycles. The molecular weight excluding hydrogens is 180 g/mol. The maximum Gasteiger partial charge on any atom is 0.216 e. The van der Waals surface area contributed by atoms with Crippen molar-refractivity contribution in [2.75, 3.05) is 24.1 Å². The molecule has 0 radical (unpaired) electrons. The van der Waals surface area contributed by atoms with Crippen molar-refractivity contribution in [3.63, 3.8) is 0 Å². The van der Waals surface area contributed by atoms with Gasteiger partial charge in [-0.1, -0.05) is 0 Å². The van der Waals surface area contributed by atoms with Crippen molar-refractivity contribution in [3.8, 4) is 0 Å². The third kappa shape index (κ3) is 3.30. The molecule has 1 rings (SSSR count). The van der Waals surface area contributed by atoms with Crippen LogP contribution in [-0.2, 0) is 4.79 Å². The minimum atomic E-state index is -0.0361. The van der Waals surface area contributed by atoms with Gasteiger partial charge in [-0.25, -0.2) is 4.98 Å². The summed E-state index contributed by atoms with van der Waals surface area (Å²) < 4.78 is 0. The smallest absolute Gasteiger partial charge is 0.216 e. The maximum atomic E-state index is 10.5. The first-order chi connectivity index (χ1) is 6.70. The van der Waals surface area contributed by atoms with Crippen LogP contribution in [0.1, 0.15) is 6.92 Å². The minimum Gasteiger partial charge on any atom is -0.382 e. The summed E-state index contributed by atoms with van der Waals surface area (Å²) in [5.41, 5.74) is 6.39. The summed E-state index contributed by atoms with van der Waals surface area (Å²) in [5.74, 6) is 0.432. The number of amides is 1. The number of hydrogen-bond donors (Lipinski definition) is 3. The zero-order valence-corrected chi connectivity index (χ0v) is 8.08. The Morgan fingerprint density at radius 2 is 2.36 bits per heavy atom. The fourth-order valence-electron chi connectivity index (χ4n) is 1.00. The zero-order valence-electron chi connectivity index (χ0n) is 8.08. The van der Waals surface area contributed by atoms with Crippen LogP contribution in [0, 0.1) is 0 Å². The summed E-state index contributed by atoms with van der Waals surface area (Å²) in [4.78, 5) is 14.5. The molecule has 0 unspecified atom stereocenters. The van der Waals surface area contributed by atoms with Crippen molar-refractivity contribution in [1.82, 2.24) is 10.3 Å². The summed E-state index contributed by atoms with van der Waals surface area (Å²) >= 11 is 0. The van der Waals surface area contributed by atoms with Gasteiger partial charge in [0.15, 0.2) is 0 Å². The molecule has 0 atom stereocenters. The highest BCUT2D eigenvalue weighted by Crippen LogP contribution is 2.12. The Bertz CT molecular complexity index is 313. The standard InChI is InChI=1S/C9H14N4O/c1-7(14)11-5-6-12-8-3-2-4-13-9(8)10/h2-4,12H,5-6H2,1H3,(H2,10,13)(H,11,14). The van der Waals surface area contributed by atoms with E-state index in [4.69, 9.17) is 5.73 Å². The number of nitrogens with one attached hydrogen (secondary N) is 2. The van der Waals surface area contributed by atoms with Crippen LogP contribution in [0.4, 0.5) is 11.5 Å². The van der Waals surface area contributed by atoms with Crippen molar-refractivity contribution in [2.24, 2.45) is 0 Å². The van der Waals surface area contributed by atoms with Gasteiger partial charge < -0.3 is 16.4 Å². The van der Waals surface area contributed by atoms with Gasteiger partial charge in [0, 0.05) is 26.2 Å². The van der Waals surface area contributed by atoms with E-state index in [0.717, 1.165) is 5.69 Å². The van der Waals surface area contributed by atoms with Gasteiger partial charge in [-0.05, 0) is 12.1 Å². The van der Waals surface area contributed by atoms with Crippen molar-refractivity contribution in [3.05, 3.63) is 18.3 Å². The molecule has 0 bridgehead atoms. The quantitative estimate of drug-likeness (QED) is 0.599. The maximum absolute atomic E-state index is 10.5. The molecule has 1 aromatic heterocycles. The first-order valence-electron chi connectivity index (χ1n) is 4.39. The molecule has 0 fully saturated rings. The Hall–Kier alpha value is -1.78. The molecule has 1 aromatic rings. The fraction of sp³-hybridized carbons (Fsp3) is 0.333. The Balaban J connectivity index is 2.31. The summed E-state index contributed by atoms with van der Waals surface area (Å²) in [5, 5.41) is 5.74. The lowest BCUT2D eigenvalue weighted by Crippen LogP contribution is -2.26. The monoisotopic (exact) mass is 194 g/mol. The van der Waals surface area contributed by atoms with E-state index in [1.54, 1.807) is 12.3 Å². The van der Waals surface area contributed by atoms with Crippen LogP contribution in [0.3, 0.4) is 0 Å². The van der Waals surface area contributed by atoms with Crippen molar-refractivity contribution in [2.45, 2.75) is 6.92 Å². The van der Waals surface area contributed by atoms with Gasteiger partial charge in [-0.15, -0.1) is 0 Å². The first kappa shape index (κ1) is 10.3. The van der Waals surface area contributed by atoms with Crippen LogP contribution < -0.4 is 16.4 Å². The Morgan fingerprint density at radius 1 is 1.57 bits per heavy atom. The zero-order chi connectivity index (χ0) is 10.4. The van der Waals surface area contributed by atoms with Crippen LogP contribution in [-0.4, -0.2) is 24.0 Å². The molecule has 5 nitrogen and oxygen atoms in total. The van der Waals surface area contributed by atoms with E-state index in [9.17, 15) is 4.79 Å². The molecule has 4 N–H and O–H groups in total. The van der Waals surface area contributed by atoms with Gasteiger partial charge in [0.25, 0.3) is 0 Å². The fourth-order valence-corrected chi connectivity index (χ4v) is 1.00. The van der Waals surface area contributed by atoms with Crippen LogP contribution in [0.2, 0.25) is 0 Å². The number of nitrogens with two attached hydrogens (primary N) is 1. The van der Waals surface area contributed by atoms with E-state index in [1.165, 1.54) is 6.92 Å². The number of nitrogen functional groups attached to an aromatic ring is 1. The van der Waals surface area contributed by atoms with E-state index in [0.29, 0.717) is 18.9 Å². The topological polar surface area (TPSA) is 80.0 Å². The van der Waals surface area contributed by atoms with Crippen molar-refractivity contribution in [1.29, 1.82) is 0 Å². The molecule has 0 aliphatic heterocycles. The Morgan fingerprint density at radius 3 is 3.00 bits per heavy atom. The molecule has 0 saturated carbocycles. The highest BCUT2D eigenvalue weighted by molar-refractivity contribution is 5.72. The van der Waals surface area contributed by atoms with E-state index >= 15 is 0 Å². The average molecular weight is 194 g/mol. The van der Waals surface area contributed by atoms with Gasteiger partial charge in [0.05, 0.1) is 5.69 Å². The molecule has 76 valence electrons. The summed E-state index contributed by atoms with van der Waals surface area (Å²) in [6.07, 6.45) is 1.63. The summed E-state index contributed by atoms with van der Waals surface area (Å²) in [6, 6.07) is 3.65. The lowest BCUT2D eigenvalue weighted by atomic mass is 10.4. The highest BCUT2D eigenvalue weighted by atomic mass is 16.1. The number of aromatic nitrogens is 1. The lowest BCUT2D eigenvalue weighted by Gasteiger charge is -2.07. The van der Waals surface area contributed by atoms with Crippen molar-refractivity contribution >= 4 is 17.4 Å². The van der Waals surface area contributed by atoms with Gasteiger partial charge in [-0.3, -0.25) is 4.79 Å². The summed E-state index contributed by atoms with van der Waals surface area (Å²) in [7, 11) is 0. The second-order valence-electron chi connectivity index (χ2n) is 2.85. The van der Waals surface area contributed by atoms with E-state index in [1.807, 2.05) is 6.07 Å². The van der Waals surface area contributed by atoms with Crippen molar-refractivity contribution < 1.29 is 4.79 Å². The predicted molar refractivity (Wildman–Crippen MR) is 55.8 cm³/mol. The van der Waals surface area contributed by atoms with E-state index in [-0.39, 0.29) is 5.91 Å². The normalized spacial score (nSPS) is 9.50. The number of nitrogens with zero attached hydrogens (tertiary/aromatic N) is 1. The van der Waals surface area contributed by atoms with Crippen LogP contribution in [0.15, 0.2) is 18.3 Å². The molecular formula is C9H14N4O. The molecule has 0 saturated heterocycles. The van der Waals surface area contributed by atoms with E-state index in [2.05, 4.69) is 15.6 Å². The first-order valence-corrected chi connectivity index (χ1v) is 4.39. The molecule has 0 aliphatic carbocycles. The molecule has 0 spiro atoms. The van der Waals surface area contributed by atoms with Crippen LogP contribution >= 0.6 is 0 Å². The molecule has 0 aromatic carbocycles. The van der Waals surface area contributed by atoms with E-state index < -0.39 is 0 Å². The average Bonchev–Trinajstić information content (AvgIpc) is 2.15. The number of pyridine rings is 1. The summed E-state index contributed by atoms with van der Waals surface area (Å²) in [6.45, 7) is 2.69. The Kier molecular flexibility index (Phi) is 3.72. The minimum absolute atomic E-state index is 0.0361. The van der Waals surface area contributed by atoms with Crippen LogP contribution in [0.5, 0.6) is 0 Å². The highest BCUT2D eigenvalue weighted by Gasteiger charge is 1.96. The molecule has 5 heteroatoms. The largest absolute Gasteiger partial charge is 0.382 e. The van der Waals surface area contributed by atoms with Gasteiger partial charge in [-0.2, -0.15) is 0 Å². The van der Waals surface area contributed by atoms with Gasteiger partial charge in [0.1, 0.15) is 5.82 Å². The molecule has 14 heavy (non-hydrogen) atoms. The SMILES string of the molecule is CC(=O)NCCNc1cccnc1N. The number of hydrogen-bond acceptors (Lipinski definition) is 4. The van der Waals surface area contributed by atoms with Gasteiger partial charge >= 0.3 is 0 Å². The number of anilines is 2. The number of rotatable bonds is 4. The molecule has 0 aliphatic rings. The third-order valence-electron chi connectivity index (χ3n) is 1.65. The lowest BCUT2D eigenvalue weighted by molar-refractivity contribution is -0.118. The van der Waals surface area contributed by atoms with Crippen LogP contribution in [0.25, 0.3) is 0 Å². The van der Waals surface area contributed by atoms with Gasteiger partial charge in [0.2, 0.25) is 5.91 Å². The molecule has 1 amide bonds.